The Morgan fingerprint density at radius 2 is 2.06 bits per heavy atom. The summed E-state index contributed by atoms with van der Waals surface area (Å²) in [5.41, 5.74) is 5.61. The molecule has 0 bridgehead atoms. The van der Waals surface area contributed by atoms with E-state index in [4.69, 9.17) is 16.6 Å². The lowest BCUT2D eigenvalue weighted by molar-refractivity contribution is 0.241. The summed E-state index contributed by atoms with van der Waals surface area (Å²) in [5, 5.41) is 0.702. The zero-order chi connectivity index (χ0) is 21.2. The molecule has 7 heteroatoms. The molecule has 6 nitrogen and oxygen atoms in total. The van der Waals surface area contributed by atoms with E-state index in [0.717, 1.165) is 79.1 Å². The Labute approximate surface area is 186 Å². The van der Waals surface area contributed by atoms with Crippen molar-refractivity contribution in [2.45, 2.75) is 38.8 Å². The van der Waals surface area contributed by atoms with E-state index in [1.54, 1.807) is 0 Å². The molecule has 0 saturated carbocycles. The first-order chi connectivity index (χ1) is 15.2. The molecule has 5 rings (SSSR count). The van der Waals surface area contributed by atoms with Gasteiger partial charge in [-0.25, -0.2) is 4.98 Å². The number of nitrogens with zero attached hydrogens (tertiary/aromatic N) is 4. The van der Waals surface area contributed by atoms with E-state index in [1.165, 1.54) is 0 Å². The van der Waals surface area contributed by atoms with Crippen LogP contribution in [-0.4, -0.2) is 38.7 Å². The molecule has 0 unspecified atom stereocenters. The van der Waals surface area contributed by atoms with Crippen LogP contribution in [0.15, 0.2) is 52.4 Å². The van der Waals surface area contributed by atoms with Crippen molar-refractivity contribution in [3.8, 4) is 11.3 Å². The fraction of sp³-hybridized carbons (Fsp3) is 0.333. The fourth-order valence-corrected chi connectivity index (χ4v) is 4.43. The van der Waals surface area contributed by atoms with E-state index in [2.05, 4.69) is 25.9 Å². The Morgan fingerprint density at radius 1 is 1.13 bits per heavy atom. The topological polar surface area (TPSA) is 74.2 Å². The fourth-order valence-electron chi connectivity index (χ4n) is 4.24. The van der Waals surface area contributed by atoms with Gasteiger partial charge in [0, 0.05) is 49.4 Å². The van der Waals surface area contributed by atoms with Crippen molar-refractivity contribution in [1.82, 2.24) is 19.9 Å². The maximum Gasteiger partial charge on any atom is 0.255 e. The molecule has 0 saturated heterocycles. The lowest BCUT2D eigenvalue weighted by atomic mass is 10.0. The molecule has 2 aliphatic rings. The third-order valence-electron chi connectivity index (χ3n) is 5.90. The molecule has 0 amide bonds. The number of fused-ring (bicyclic) bond motifs is 1. The minimum Gasteiger partial charge on any atom is -0.305 e. The SMILES string of the molecule is O=c1[nH]c(C2=NCCCC2)nc2c1CN(Cc1ccc(-c3cccc(Cl)c3)nc1)CC2. The van der Waals surface area contributed by atoms with Crippen LogP contribution in [0.25, 0.3) is 11.3 Å². The Hall–Kier alpha value is -2.83. The van der Waals surface area contributed by atoms with Gasteiger partial charge >= 0.3 is 0 Å². The smallest absolute Gasteiger partial charge is 0.255 e. The van der Waals surface area contributed by atoms with E-state index >= 15 is 0 Å². The molecule has 2 aliphatic heterocycles. The molecule has 4 heterocycles. The Bertz CT molecular complexity index is 1190. The summed E-state index contributed by atoms with van der Waals surface area (Å²) < 4.78 is 0. The van der Waals surface area contributed by atoms with Gasteiger partial charge in [-0.1, -0.05) is 29.8 Å². The predicted molar refractivity (Wildman–Crippen MR) is 123 cm³/mol. The van der Waals surface area contributed by atoms with E-state index in [-0.39, 0.29) is 5.56 Å². The second-order valence-corrected chi connectivity index (χ2v) is 8.58. The Morgan fingerprint density at radius 3 is 2.84 bits per heavy atom. The molecule has 1 aromatic carbocycles. The molecule has 0 atom stereocenters. The minimum absolute atomic E-state index is 0.0348. The van der Waals surface area contributed by atoms with Crippen molar-refractivity contribution >= 4 is 17.3 Å². The second kappa shape index (κ2) is 8.73. The number of hydrogen-bond acceptors (Lipinski definition) is 5. The quantitative estimate of drug-likeness (QED) is 0.674. The van der Waals surface area contributed by atoms with Gasteiger partial charge in [0.25, 0.3) is 5.56 Å². The number of hydrogen-bond donors (Lipinski definition) is 1. The first kappa shape index (κ1) is 20.1. The van der Waals surface area contributed by atoms with E-state index in [9.17, 15) is 4.79 Å². The lowest BCUT2D eigenvalue weighted by Gasteiger charge is -2.27. The average Bonchev–Trinajstić information content (AvgIpc) is 2.80. The van der Waals surface area contributed by atoms with Crippen LogP contribution in [-0.2, 0) is 19.5 Å². The van der Waals surface area contributed by atoms with E-state index in [0.29, 0.717) is 17.4 Å². The summed E-state index contributed by atoms with van der Waals surface area (Å²) >= 11 is 6.09. The number of rotatable bonds is 4. The average molecular weight is 434 g/mol. The van der Waals surface area contributed by atoms with Gasteiger partial charge < -0.3 is 4.98 Å². The van der Waals surface area contributed by atoms with Crippen LogP contribution in [0.4, 0.5) is 0 Å². The number of aliphatic imine (C=N–C) groups is 1. The number of H-pyrrole nitrogens is 1. The number of benzene rings is 1. The number of halogens is 1. The molecule has 2 aromatic heterocycles. The second-order valence-electron chi connectivity index (χ2n) is 8.15. The van der Waals surface area contributed by atoms with E-state index < -0.39 is 0 Å². The summed E-state index contributed by atoms with van der Waals surface area (Å²) in [6.07, 6.45) is 5.79. The van der Waals surface area contributed by atoms with Crippen molar-refractivity contribution in [3.63, 3.8) is 0 Å². The summed E-state index contributed by atoms with van der Waals surface area (Å²) in [4.78, 5) is 31.9. The van der Waals surface area contributed by atoms with Crippen LogP contribution in [0.3, 0.4) is 0 Å². The van der Waals surface area contributed by atoms with Crippen LogP contribution in [0.1, 0.15) is 41.9 Å². The first-order valence-electron chi connectivity index (χ1n) is 10.7. The molecule has 0 aliphatic carbocycles. The summed E-state index contributed by atoms with van der Waals surface area (Å²) in [6, 6.07) is 11.8. The summed E-state index contributed by atoms with van der Waals surface area (Å²) in [7, 11) is 0. The number of pyridine rings is 1. The molecule has 0 spiro atoms. The zero-order valence-corrected chi connectivity index (χ0v) is 18.0. The van der Waals surface area contributed by atoms with Gasteiger partial charge in [-0.2, -0.15) is 0 Å². The van der Waals surface area contributed by atoms with Gasteiger partial charge in [0.1, 0.15) is 0 Å². The number of nitrogens with one attached hydrogen (secondary N) is 1. The monoisotopic (exact) mass is 433 g/mol. The molecule has 158 valence electrons. The predicted octanol–water partition coefficient (Wildman–Crippen LogP) is 4.02. The van der Waals surface area contributed by atoms with Gasteiger partial charge in [-0.15, -0.1) is 0 Å². The Balaban J connectivity index is 1.30. The van der Waals surface area contributed by atoms with E-state index in [1.807, 2.05) is 36.5 Å². The van der Waals surface area contributed by atoms with Crippen molar-refractivity contribution in [1.29, 1.82) is 0 Å². The van der Waals surface area contributed by atoms with Crippen LogP contribution in [0, 0.1) is 0 Å². The highest BCUT2D eigenvalue weighted by Crippen LogP contribution is 2.22. The number of aromatic nitrogens is 3. The first-order valence-corrected chi connectivity index (χ1v) is 11.1. The molecular weight excluding hydrogens is 410 g/mol. The summed E-state index contributed by atoms with van der Waals surface area (Å²) in [6.45, 7) is 3.04. The third-order valence-corrected chi connectivity index (χ3v) is 6.13. The van der Waals surface area contributed by atoms with Gasteiger partial charge in [0.05, 0.1) is 22.7 Å². The van der Waals surface area contributed by atoms with Crippen LogP contribution < -0.4 is 5.56 Å². The maximum absolute atomic E-state index is 12.8. The van der Waals surface area contributed by atoms with Gasteiger partial charge in [-0.3, -0.25) is 19.7 Å². The highest BCUT2D eigenvalue weighted by Gasteiger charge is 2.22. The third kappa shape index (κ3) is 4.45. The maximum atomic E-state index is 12.8. The van der Waals surface area contributed by atoms with Crippen molar-refractivity contribution in [2.75, 3.05) is 13.1 Å². The Kier molecular flexibility index (Phi) is 5.66. The van der Waals surface area contributed by atoms with Gasteiger partial charge in [0.15, 0.2) is 5.82 Å². The van der Waals surface area contributed by atoms with Crippen LogP contribution in [0.5, 0.6) is 0 Å². The van der Waals surface area contributed by atoms with Crippen LogP contribution in [0.2, 0.25) is 5.02 Å². The van der Waals surface area contributed by atoms with Gasteiger partial charge in [0.2, 0.25) is 0 Å². The van der Waals surface area contributed by atoms with Crippen LogP contribution >= 0.6 is 11.6 Å². The zero-order valence-electron chi connectivity index (χ0n) is 17.3. The highest BCUT2D eigenvalue weighted by atomic mass is 35.5. The normalized spacial score (nSPS) is 16.6. The largest absolute Gasteiger partial charge is 0.305 e. The molecule has 3 aromatic rings. The van der Waals surface area contributed by atoms with Crippen molar-refractivity contribution < 1.29 is 0 Å². The molecular formula is C24H24ClN5O. The van der Waals surface area contributed by atoms with Gasteiger partial charge in [-0.05, 0) is 43.0 Å². The standard InChI is InChI=1S/C24H24ClN5O/c25-18-5-3-4-17(12-18)20-8-7-16(13-27-20)14-30-11-9-21-19(15-30)24(31)29-23(28-21)22-6-1-2-10-26-22/h3-5,7-8,12-13H,1-2,6,9-11,14-15H2,(H,28,29,31). The van der Waals surface area contributed by atoms with Crippen molar-refractivity contribution in [2.24, 2.45) is 4.99 Å². The minimum atomic E-state index is -0.0348. The molecule has 0 fully saturated rings. The molecule has 0 radical (unpaired) electrons. The number of aromatic amines is 1. The highest BCUT2D eigenvalue weighted by molar-refractivity contribution is 6.30. The summed E-state index contributed by atoms with van der Waals surface area (Å²) in [5.74, 6) is 0.665. The lowest BCUT2D eigenvalue weighted by Crippen LogP contribution is -2.36. The molecule has 31 heavy (non-hydrogen) atoms. The van der Waals surface area contributed by atoms with Crippen molar-refractivity contribution in [3.05, 3.63) is 80.6 Å². The molecule has 1 N–H and O–H groups in total.